The van der Waals surface area contributed by atoms with E-state index in [2.05, 4.69) is 38.1 Å². The van der Waals surface area contributed by atoms with Gasteiger partial charge in [-0.05, 0) is 49.5 Å². The molecule has 1 rings (SSSR count). The van der Waals surface area contributed by atoms with Crippen LogP contribution in [0.25, 0.3) is 0 Å². The molecule has 0 amide bonds. The second-order valence-corrected chi connectivity index (χ2v) is 4.02. The van der Waals surface area contributed by atoms with Crippen LogP contribution in [-0.4, -0.2) is 0 Å². The summed E-state index contributed by atoms with van der Waals surface area (Å²) < 4.78 is 0. The van der Waals surface area contributed by atoms with E-state index in [1.165, 1.54) is 16.7 Å². The van der Waals surface area contributed by atoms with Crippen molar-refractivity contribution < 1.29 is 0 Å². The Hall–Kier alpha value is -1.50. The van der Waals surface area contributed by atoms with Crippen LogP contribution >= 0.6 is 0 Å². The van der Waals surface area contributed by atoms with Crippen molar-refractivity contribution in [2.45, 2.75) is 33.6 Å². The summed E-state index contributed by atoms with van der Waals surface area (Å²) in [4.78, 5) is 0. The topological polar surface area (TPSA) is 26.0 Å². The molecule has 0 unspecified atom stereocenters. The number of aryl methyl sites for hydroxylation is 1. The summed E-state index contributed by atoms with van der Waals surface area (Å²) in [7, 11) is 0. The Morgan fingerprint density at radius 3 is 2.56 bits per heavy atom. The van der Waals surface area contributed by atoms with Crippen molar-refractivity contribution in [1.29, 1.82) is 0 Å². The molecule has 16 heavy (non-hydrogen) atoms. The minimum atomic E-state index is 0.910. The van der Waals surface area contributed by atoms with Gasteiger partial charge in [0.15, 0.2) is 0 Å². The molecule has 0 bridgehead atoms. The van der Waals surface area contributed by atoms with Crippen molar-refractivity contribution in [3.8, 4) is 0 Å². The van der Waals surface area contributed by atoms with E-state index in [4.69, 9.17) is 5.73 Å². The lowest BCUT2D eigenvalue weighted by Gasteiger charge is -2.10. The van der Waals surface area contributed by atoms with Gasteiger partial charge in [0.25, 0.3) is 0 Å². The number of allylic oxidation sites excluding steroid dienone is 3. The molecule has 0 aliphatic rings. The van der Waals surface area contributed by atoms with Crippen LogP contribution in [0.15, 0.2) is 47.7 Å². The van der Waals surface area contributed by atoms with Gasteiger partial charge < -0.3 is 5.73 Å². The fourth-order valence-corrected chi connectivity index (χ4v) is 1.77. The Morgan fingerprint density at radius 1 is 1.31 bits per heavy atom. The minimum Gasteiger partial charge on any atom is -0.399 e. The summed E-state index contributed by atoms with van der Waals surface area (Å²) >= 11 is 0. The highest BCUT2D eigenvalue weighted by molar-refractivity contribution is 5.33. The van der Waals surface area contributed by atoms with Gasteiger partial charge >= 0.3 is 0 Å². The molecule has 0 atom stereocenters. The van der Waals surface area contributed by atoms with Crippen LogP contribution in [0, 0.1) is 6.92 Å². The highest BCUT2D eigenvalue weighted by Crippen LogP contribution is 2.16. The lowest BCUT2D eigenvalue weighted by Crippen LogP contribution is -2.03. The molecule has 0 aromatic heterocycles. The molecule has 0 saturated carbocycles. The normalized spacial score (nSPS) is 12.9. The van der Waals surface area contributed by atoms with E-state index in [0.717, 1.165) is 18.5 Å². The monoisotopic (exact) mass is 215 g/mol. The largest absolute Gasteiger partial charge is 0.399 e. The van der Waals surface area contributed by atoms with Gasteiger partial charge in [0, 0.05) is 5.70 Å². The smallest absolute Gasteiger partial charge is 0.0305 e. The molecule has 0 spiro atoms. The fraction of sp³-hybridized carbons (Fsp3) is 0.333. The van der Waals surface area contributed by atoms with Crippen LogP contribution in [0.5, 0.6) is 0 Å². The predicted octanol–water partition coefficient (Wildman–Crippen LogP) is 3.74. The molecule has 0 aliphatic heterocycles. The summed E-state index contributed by atoms with van der Waals surface area (Å²) in [5.41, 5.74) is 11.0. The molecule has 0 fully saturated rings. The number of benzene rings is 1. The molecule has 2 N–H and O–H groups in total. The molecule has 86 valence electrons. The van der Waals surface area contributed by atoms with E-state index >= 15 is 0 Å². The maximum absolute atomic E-state index is 6.03. The van der Waals surface area contributed by atoms with Crippen molar-refractivity contribution >= 4 is 0 Å². The van der Waals surface area contributed by atoms with Gasteiger partial charge in [0.1, 0.15) is 0 Å². The van der Waals surface area contributed by atoms with Gasteiger partial charge in [-0.25, -0.2) is 0 Å². The Morgan fingerprint density at radius 2 is 2.00 bits per heavy atom. The summed E-state index contributed by atoms with van der Waals surface area (Å²) in [6.07, 6.45) is 5.93. The molecule has 1 nitrogen and oxygen atoms in total. The number of rotatable bonds is 4. The lowest BCUT2D eigenvalue weighted by atomic mass is 9.97. The SMILES string of the molecule is C/C=C\C(N)=C(/CC)Cc1ccccc1C. The maximum Gasteiger partial charge on any atom is 0.0305 e. The Balaban J connectivity index is 2.95. The molecule has 0 aliphatic carbocycles. The number of hydrogen-bond donors (Lipinski definition) is 1. The Bertz CT molecular complexity index is 400. The standard InChI is InChI=1S/C15H21N/c1-4-8-15(16)13(5-2)11-14-10-7-6-9-12(14)3/h4,6-10H,5,11,16H2,1-3H3/b8-4-,15-13-. The average molecular weight is 215 g/mol. The van der Waals surface area contributed by atoms with Crippen LogP contribution in [0.1, 0.15) is 31.4 Å². The van der Waals surface area contributed by atoms with Crippen LogP contribution < -0.4 is 5.73 Å². The zero-order chi connectivity index (χ0) is 12.0. The summed E-state index contributed by atoms with van der Waals surface area (Å²) in [5.74, 6) is 0. The van der Waals surface area contributed by atoms with Gasteiger partial charge in [-0.1, -0.05) is 37.3 Å². The van der Waals surface area contributed by atoms with Crippen LogP contribution in [0.2, 0.25) is 0 Å². The van der Waals surface area contributed by atoms with E-state index in [1.54, 1.807) is 0 Å². The summed E-state index contributed by atoms with van der Waals surface area (Å²) in [6, 6.07) is 8.48. The molecule has 1 heteroatoms. The van der Waals surface area contributed by atoms with Crippen molar-refractivity contribution in [1.82, 2.24) is 0 Å². The molecular weight excluding hydrogens is 194 g/mol. The first kappa shape index (κ1) is 12.6. The van der Waals surface area contributed by atoms with Gasteiger partial charge in [0.05, 0.1) is 0 Å². The van der Waals surface area contributed by atoms with E-state index in [0.29, 0.717) is 0 Å². The fourth-order valence-electron chi connectivity index (χ4n) is 1.77. The third-order valence-corrected chi connectivity index (χ3v) is 2.85. The average Bonchev–Trinajstić information content (AvgIpc) is 2.28. The lowest BCUT2D eigenvalue weighted by molar-refractivity contribution is 0.967. The molecule has 0 heterocycles. The van der Waals surface area contributed by atoms with Gasteiger partial charge in [-0.15, -0.1) is 0 Å². The summed E-state index contributed by atoms with van der Waals surface area (Å²) in [6.45, 7) is 6.30. The molecule has 0 saturated heterocycles. The quantitative estimate of drug-likeness (QED) is 0.761. The van der Waals surface area contributed by atoms with Gasteiger partial charge in [0.2, 0.25) is 0 Å². The van der Waals surface area contributed by atoms with E-state index in [9.17, 15) is 0 Å². The number of hydrogen-bond acceptors (Lipinski definition) is 1. The zero-order valence-electron chi connectivity index (χ0n) is 10.5. The second kappa shape index (κ2) is 6.16. The zero-order valence-corrected chi connectivity index (χ0v) is 10.5. The molecule has 1 aromatic carbocycles. The molecule has 1 aromatic rings. The van der Waals surface area contributed by atoms with Crippen molar-refractivity contribution in [2.75, 3.05) is 0 Å². The highest BCUT2D eigenvalue weighted by atomic mass is 14.6. The van der Waals surface area contributed by atoms with Crippen LogP contribution in [0.3, 0.4) is 0 Å². The third-order valence-electron chi connectivity index (χ3n) is 2.85. The molecule has 0 radical (unpaired) electrons. The first-order valence-electron chi connectivity index (χ1n) is 5.83. The first-order valence-corrected chi connectivity index (χ1v) is 5.83. The highest BCUT2D eigenvalue weighted by Gasteiger charge is 2.03. The Labute approximate surface area is 98.7 Å². The third kappa shape index (κ3) is 3.27. The number of nitrogens with two attached hydrogens (primary N) is 1. The minimum absolute atomic E-state index is 0.910. The molecular formula is C15H21N. The van der Waals surface area contributed by atoms with Gasteiger partial charge in [-0.3, -0.25) is 0 Å². The Kier molecular flexibility index (Phi) is 4.84. The van der Waals surface area contributed by atoms with E-state index < -0.39 is 0 Å². The maximum atomic E-state index is 6.03. The van der Waals surface area contributed by atoms with Crippen LogP contribution in [-0.2, 0) is 6.42 Å². The summed E-state index contributed by atoms with van der Waals surface area (Å²) in [5, 5.41) is 0. The second-order valence-electron chi connectivity index (χ2n) is 4.02. The predicted molar refractivity (Wildman–Crippen MR) is 71.2 cm³/mol. The van der Waals surface area contributed by atoms with Crippen molar-refractivity contribution in [3.63, 3.8) is 0 Å². The van der Waals surface area contributed by atoms with Crippen LogP contribution in [0.4, 0.5) is 0 Å². The van der Waals surface area contributed by atoms with E-state index in [-0.39, 0.29) is 0 Å². The van der Waals surface area contributed by atoms with E-state index in [1.807, 2.05) is 19.1 Å². The van der Waals surface area contributed by atoms with Gasteiger partial charge in [-0.2, -0.15) is 0 Å². The first-order chi connectivity index (χ1) is 7.69. The van der Waals surface area contributed by atoms with Crippen molar-refractivity contribution in [2.24, 2.45) is 5.73 Å². The van der Waals surface area contributed by atoms with Crippen molar-refractivity contribution in [3.05, 3.63) is 58.8 Å².